The van der Waals surface area contributed by atoms with Crippen molar-refractivity contribution in [3.8, 4) is 0 Å². The van der Waals surface area contributed by atoms with Gasteiger partial charge in [-0.3, -0.25) is 9.59 Å². The van der Waals surface area contributed by atoms with Crippen molar-refractivity contribution in [2.45, 2.75) is 31.4 Å². The van der Waals surface area contributed by atoms with Gasteiger partial charge in [0.25, 0.3) is 0 Å². The topological polar surface area (TPSA) is 66.4 Å². The first-order valence-electron chi connectivity index (χ1n) is 4.66. The fraction of sp³-hybridized carbons (Fsp3) is 0.778. The van der Waals surface area contributed by atoms with Crippen LogP contribution in [0.5, 0.6) is 0 Å². The van der Waals surface area contributed by atoms with E-state index in [1.165, 1.54) is 11.8 Å². The van der Waals surface area contributed by atoms with E-state index < -0.39 is 5.97 Å². The maximum atomic E-state index is 10.8. The van der Waals surface area contributed by atoms with E-state index in [2.05, 4.69) is 5.32 Å². The van der Waals surface area contributed by atoms with Crippen LogP contribution < -0.4 is 5.32 Å². The summed E-state index contributed by atoms with van der Waals surface area (Å²) in [6.45, 7) is 1.85. The first kappa shape index (κ1) is 13.3. The zero-order valence-electron chi connectivity index (χ0n) is 8.58. The molecule has 1 atom stereocenters. The quantitative estimate of drug-likeness (QED) is 0.629. The largest absolute Gasteiger partial charge is 0.480 e. The van der Waals surface area contributed by atoms with Crippen molar-refractivity contribution in [2.24, 2.45) is 0 Å². The number of aliphatic carboxylic acids is 1. The van der Waals surface area contributed by atoms with Gasteiger partial charge in [-0.15, -0.1) is 11.8 Å². The molecule has 0 bridgehead atoms. The molecule has 4 nitrogen and oxygen atoms in total. The Kier molecular flexibility index (Phi) is 7.28. The number of carbonyl (C=O) groups excluding carboxylic acids is 1. The van der Waals surface area contributed by atoms with Crippen LogP contribution in [0.1, 0.15) is 26.2 Å². The molecule has 1 unspecified atom stereocenters. The van der Waals surface area contributed by atoms with E-state index in [0.29, 0.717) is 12.8 Å². The summed E-state index contributed by atoms with van der Waals surface area (Å²) in [5.41, 5.74) is 0. The summed E-state index contributed by atoms with van der Waals surface area (Å²) in [6.07, 6.45) is 1.83. The first-order chi connectivity index (χ1) is 6.61. The van der Waals surface area contributed by atoms with E-state index in [1.54, 1.807) is 7.05 Å². The lowest BCUT2D eigenvalue weighted by Gasteiger charge is -2.08. The lowest BCUT2D eigenvalue weighted by Crippen LogP contribution is -2.18. The number of hydrogen-bond donors (Lipinski definition) is 2. The number of nitrogens with one attached hydrogen (secondary N) is 1. The Morgan fingerprint density at radius 3 is 2.57 bits per heavy atom. The second-order valence-corrected chi connectivity index (χ2v) is 4.19. The minimum atomic E-state index is -0.766. The molecule has 0 fully saturated rings. The van der Waals surface area contributed by atoms with Crippen molar-refractivity contribution in [1.29, 1.82) is 0 Å². The Morgan fingerprint density at radius 1 is 1.50 bits per heavy atom. The summed E-state index contributed by atoms with van der Waals surface area (Å²) in [6, 6.07) is 0. The summed E-state index contributed by atoms with van der Waals surface area (Å²) in [7, 11) is 1.60. The zero-order chi connectivity index (χ0) is 11.0. The highest BCUT2D eigenvalue weighted by Crippen LogP contribution is 2.16. The first-order valence-corrected chi connectivity index (χ1v) is 5.71. The van der Waals surface area contributed by atoms with Crippen LogP contribution in [0.4, 0.5) is 0 Å². The van der Waals surface area contributed by atoms with Crippen LogP contribution in [0, 0.1) is 0 Å². The molecule has 0 aliphatic rings. The van der Waals surface area contributed by atoms with E-state index in [0.717, 1.165) is 12.2 Å². The summed E-state index contributed by atoms with van der Waals surface area (Å²) in [4.78, 5) is 21.4. The molecular weight excluding hydrogens is 202 g/mol. The minimum Gasteiger partial charge on any atom is -0.480 e. The monoisotopic (exact) mass is 219 g/mol. The molecule has 0 saturated carbocycles. The van der Waals surface area contributed by atoms with Gasteiger partial charge in [-0.05, 0) is 18.6 Å². The summed E-state index contributed by atoms with van der Waals surface area (Å²) >= 11 is 1.40. The molecule has 0 heterocycles. The van der Waals surface area contributed by atoms with Gasteiger partial charge in [0.2, 0.25) is 5.91 Å². The molecule has 82 valence electrons. The summed E-state index contributed by atoms with van der Waals surface area (Å²) in [5, 5.41) is 10.9. The summed E-state index contributed by atoms with van der Waals surface area (Å²) in [5.74, 6) is -0.0375. The van der Waals surface area contributed by atoms with Gasteiger partial charge in [-0.25, -0.2) is 0 Å². The third-order valence-electron chi connectivity index (χ3n) is 1.79. The molecular formula is C9H17NO3S. The molecule has 0 aliphatic carbocycles. The van der Waals surface area contributed by atoms with Gasteiger partial charge in [0.15, 0.2) is 0 Å². The lowest BCUT2D eigenvalue weighted by atomic mass is 10.3. The van der Waals surface area contributed by atoms with Crippen molar-refractivity contribution in [1.82, 2.24) is 5.32 Å². The van der Waals surface area contributed by atoms with Crippen molar-refractivity contribution in [3.63, 3.8) is 0 Å². The number of carbonyl (C=O) groups is 2. The molecule has 0 aromatic rings. The number of hydrogen-bond acceptors (Lipinski definition) is 3. The standard InChI is InChI=1S/C9H17NO3S/c1-3-7(9(12)13)14-6-4-5-8(11)10-2/h7H,3-6H2,1-2H3,(H,10,11)(H,12,13). The van der Waals surface area contributed by atoms with E-state index >= 15 is 0 Å². The third kappa shape index (κ3) is 5.85. The van der Waals surface area contributed by atoms with Gasteiger partial charge < -0.3 is 10.4 Å². The Labute approximate surface area is 88.4 Å². The highest BCUT2D eigenvalue weighted by Gasteiger charge is 2.14. The predicted octanol–water partition coefficient (Wildman–Crippen LogP) is 1.11. The van der Waals surface area contributed by atoms with E-state index in [9.17, 15) is 9.59 Å². The predicted molar refractivity (Wildman–Crippen MR) is 57.5 cm³/mol. The van der Waals surface area contributed by atoms with Gasteiger partial charge in [-0.2, -0.15) is 0 Å². The highest BCUT2D eigenvalue weighted by atomic mass is 32.2. The van der Waals surface area contributed by atoms with Gasteiger partial charge in [0.05, 0.1) is 0 Å². The molecule has 0 spiro atoms. The van der Waals surface area contributed by atoms with E-state index in [-0.39, 0.29) is 11.2 Å². The van der Waals surface area contributed by atoms with Crippen molar-refractivity contribution >= 4 is 23.6 Å². The van der Waals surface area contributed by atoms with Crippen LogP contribution in [0.15, 0.2) is 0 Å². The number of amides is 1. The second-order valence-electron chi connectivity index (χ2n) is 2.88. The van der Waals surface area contributed by atoms with Crippen molar-refractivity contribution in [2.75, 3.05) is 12.8 Å². The molecule has 0 aromatic carbocycles. The van der Waals surface area contributed by atoms with E-state index in [4.69, 9.17) is 5.11 Å². The lowest BCUT2D eigenvalue weighted by molar-refractivity contribution is -0.136. The average Bonchev–Trinajstić information content (AvgIpc) is 2.16. The smallest absolute Gasteiger partial charge is 0.316 e. The third-order valence-corrected chi connectivity index (χ3v) is 3.25. The van der Waals surface area contributed by atoms with Crippen LogP contribution in [0.25, 0.3) is 0 Å². The average molecular weight is 219 g/mol. The Balaban J connectivity index is 3.52. The fourth-order valence-electron chi connectivity index (χ4n) is 0.947. The van der Waals surface area contributed by atoms with Gasteiger partial charge in [0, 0.05) is 13.5 Å². The SMILES string of the molecule is CCC(SCCCC(=O)NC)C(=O)O. The Morgan fingerprint density at radius 2 is 2.14 bits per heavy atom. The van der Waals surface area contributed by atoms with Crippen LogP contribution in [-0.2, 0) is 9.59 Å². The molecule has 0 aliphatic heterocycles. The highest BCUT2D eigenvalue weighted by molar-refractivity contribution is 8.00. The Hall–Kier alpha value is -0.710. The molecule has 0 rings (SSSR count). The second kappa shape index (κ2) is 7.67. The van der Waals surface area contributed by atoms with Gasteiger partial charge >= 0.3 is 5.97 Å². The minimum absolute atomic E-state index is 0.00831. The number of rotatable bonds is 7. The van der Waals surface area contributed by atoms with E-state index in [1.807, 2.05) is 6.92 Å². The normalized spacial score (nSPS) is 12.1. The fourth-order valence-corrected chi connectivity index (χ4v) is 1.92. The molecule has 2 N–H and O–H groups in total. The van der Waals surface area contributed by atoms with Crippen LogP contribution in [0.2, 0.25) is 0 Å². The molecule has 5 heteroatoms. The van der Waals surface area contributed by atoms with Crippen molar-refractivity contribution < 1.29 is 14.7 Å². The summed E-state index contributed by atoms with van der Waals surface area (Å²) < 4.78 is 0. The van der Waals surface area contributed by atoms with Crippen LogP contribution in [-0.4, -0.2) is 35.0 Å². The zero-order valence-corrected chi connectivity index (χ0v) is 9.39. The van der Waals surface area contributed by atoms with Crippen LogP contribution in [0.3, 0.4) is 0 Å². The molecule has 1 amide bonds. The van der Waals surface area contributed by atoms with Gasteiger partial charge in [0.1, 0.15) is 5.25 Å². The molecule has 0 aromatic heterocycles. The maximum absolute atomic E-state index is 10.8. The van der Waals surface area contributed by atoms with Crippen LogP contribution >= 0.6 is 11.8 Å². The maximum Gasteiger partial charge on any atom is 0.316 e. The van der Waals surface area contributed by atoms with Crippen molar-refractivity contribution in [3.05, 3.63) is 0 Å². The molecule has 0 saturated heterocycles. The number of carboxylic acid groups (broad SMARTS) is 1. The number of carboxylic acids is 1. The van der Waals surface area contributed by atoms with Gasteiger partial charge in [-0.1, -0.05) is 6.92 Å². The number of thioether (sulfide) groups is 1. The molecule has 0 radical (unpaired) electrons. The Bertz CT molecular complexity index is 196. The molecule has 14 heavy (non-hydrogen) atoms.